The summed E-state index contributed by atoms with van der Waals surface area (Å²) in [6.45, 7) is 4.96. The second-order valence-corrected chi connectivity index (χ2v) is 5.77. The van der Waals surface area contributed by atoms with Crippen LogP contribution in [0.5, 0.6) is 5.75 Å². The van der Waals surface area contributed by atoms with E-state index >= 15 is 0 Å². The average Bonchev–Trinajstić information content (AvgIpc) is 3.01. The van der Waals surface area contributed by atoms with Crippen molar-refractivity contribution in [2.75, 3.05) is 13.7 Å². The number of methoxy groups -OCH3 is 1. The van der Waals surface area contributed by atoms with Crippen LogP contribution in [0.15, 0.2) is 28.7 Å². The van der Waals surface area contributed by atoms with Crippen LogP contribution in [0.4, 0.5) is 0 Å². The number of aryl methyl sites for hydroxylation is 1. The van der Waals surface area contributed by atoms with Crippen molar-refractivity contribution in [2.45, 2.75) is 33.1 Å². The normalized spacial score (nSPS) is 10.8. The lowest BCUT2D eigenvalue weighted by atomic mass is 10.1. The highest BCUT2D eigenvalue weighted by atomic mass is 16.5. The first kappa shape index (κ1) is 17.0. The molecule has 0 saturated carbocycles. The number of aromatic nitrogens is 2. The molecule has 23 heavy (non-hydrogen) atoms. The van der Waals surface area contributed by atoms with Crippen LogP contribution in [0.3, 0.4) is 0 Å². The van der Waals surface area contributed by atoms with Gasteiger partial charge in [0.1, 0.15) is 5.75 Å². The molecule has 0 unspecified atom stereocenters. The van der Waals surface area contributed by atoms with Crippen LogP contribution in [-0.2, 0) is 11.2 Å². The van der Waals surface area contributed by atoms with Crippen LogP contribution in [0.2, 0.25) is 0 Å². The maximum absolute atomic E-state index is 11.7. The Hall–Kier alpha value is -2.37. The molecule has 6 nitrogen and oxygen atoms in total. The van der Waals surface area contributed by atoms with Crippen LogP contribution >= 0.6 is 0 Å². The van der Waals surface area contributed by atoms with Gasteiger partial charge in [0.2, 0.25) is 17.7 Å². The van der Waals surface area contributed by atoms with Crippen molar-refractivity contribution in [2.24, 2.45) is 5.92 Å². The zero-order chi connectivity index (χ0) is 16.7. The van der Waals surface area contributed by atoms with Gasteiger partial charge in [-0.1, -0.05) is 19.9 Å². The Kier molecular flexibility index (Phi) is 6.14. The molecule has 6 heteroatoms. The number of nitrogens with zero attached hydrogens (tertiary/aromatic N) is 2. The van der Waals surface area contributed by atoms with Crippen molar-refractivity contribution in [1.29, 1.82) is 0 Å². The number of ether oxygens (including phenoxy) is 1. The third-order valence-electron chi connectivity index (χ3n) is 3.39. The average molecular weight is 317 g/mol. The second-order valence-electron chi connectivity index (χ2n) is 5.77. The van der Waals surface area contributed by atoms with Crippen molar-refractivity contribution in [3.63, 3.8) is 0 Å². The fourth-order valence-electron chi connectivity index (χ4n) is 2.04. The first-order valence-electron chi connectivity index (χ1n) is 7.82. The zero-order valence-electron chi connectivity index (χ0n) is 13.8. The predicted octanol–water partition coefficient (Wildman–Crippen LogP) is 2.84. The third-order valence-corrected chi connectivity index (χ3v) is 3.39. The molecule has 124 valence electrons. The summed E-state index contributed by atoms with van der Waals surface area (Å²) in [4.78, 5) is 11.7. The minimum Gasteiger partial charge on any atom is -0.497 e. The molecular weight excluding hydrogens is 294 g/mol. The molecule has 0 aliphatic heterocycles. The van der Waals surface area contributed by atoms with Crippen LogP contribution in [-0.4, -0.2) is 29.8 Å². The first-order chi connectivity index (χ1) is 11.1. The molecular formula is C17H23N3O3. The second kappa shape index (κ2) is 8.31. The van der Waals surface area contributed by atoms with Gasteiger partial charge in [0.15, 0.2) is 0 Å². The predicted molar refractivity (Wildman–Crippen MR) is 87.1 cm³/mol. The van der Waals surface area contributed by atoms with E-state index in [1.54, 1.807) is 7.11 Å². The Morgan fingerprint density at radius 2 is 2.17 bits per heavy atom. The monoisotopic (exact) mass is 317 g/mol. The highest BCUT2D eigenvalue weighted by molar-refractivity contribution is 5.75. The fourth-order valence-corrected chi connectivity index (χ4v) is 2.04. The molecule has 2 rings (SSSR count). The van der Waals surface area contributed by atoms with Crippen LogP contribution in [0.1, 0.15) is 32.6 Å². The molecule has 0 aliphatic rings. The Labute approximate surface area is 136 Å². The summed E-state index contributed by atoms with van der Waals surface area (Å²) < 4.78 is 10.8. The highest BCUT2D eigenvalue weighted by Crippen LogP contribution is 2.22. The largest absolute Gasteiger partial charge is 0.497 e. The smallest absolute Gasteiger partial charge is 0.247 e. The van der Waals surface area contributed by atoms with Crippen molar-refractivity contribution in [1.82, 2.24) is 15.5 Å². The number of carbonyl (C=O) groups is 1. The van der Waals surface area contributed by atoms with E-state index in [0.717, 1.165) is 17.7 Å². The molecule has 1 heterocycles. The van der Waals surface area contributed by atoms with Gasteiger partial charge in [-0.15, -0.1) is 10.2 Å². The summed E-state index contributed by atoms with van der Waals surface area (Å²) in [6, 6.07) is 7.41. The van der Waals surface area contributed by atoms with Crippen molar-refractivity contribution in [3.8, 4) is 17.2 Å². The first-order valence-corrected chi connectivity index (χ1v) is 7.82. The molecule has 0 radical (unpaired) electrons. The maximum Gasteiger partial charge on any atom is 0.247 e. The van der Waals surface area contributed by atoms with Gasteiger partial charge < -0.3 is 14.5 Å². The van der Waals surface area contributed by atoms with E-state index in [1.807, 2.05) is 24.3 Å². The van der Waals surface area contributed by atoms with Crippen molar-refractivity contribution >= 4 is 5.91 Å². The topological polar surface area (TPSA) is 77.2 Å². The van der Waals surface area contributed by atoms with E-state index in [0.29, 0.717) is 37.1 Å². The van der Waals surface area contributed by atoms with Crippen molar-refractivity contribution < 1.29 is 13.9 Å². The van der Waals surface area contributed by atoms with Crippen LogP contribution in [0, 0.1) is 5.92 Å². The Balaban J connectivity index is 1.86. The van der Waals surface area contributed by atoms with Gasteiger partial charge in [-0.2, -0.15) is 0 Å². The summed E-state index contributed by atoms with van der Waals surface area (Å²) >= 11 is 0. The number of hydrogen-bond acceptors (Lipinski definition) is 5. The Bertz CT molecular complexity index is 638. The standard InChI is InChI=1S/C17H23N3O3/c1-12(2)9-10-18-15(21)7-8-16-19-20-17(23-16)13-5-4-6-14(11-13)22-3/h4-6,11-12H,7-10H2,1-3H3,(H,18,21). The third kappa shape index (κ3) is 5.39. The van der Waals surface area contributed by atoms with Gasteiger partial charge in [0.05, 0.1) is 7.11 Å². The summed E-state index contributed by atoms with van der Waals surface area (Å²) in [6.07, 6.45) is 1.76. The number of amides is 1. The van der Waals surface area contributed by atoms with E-state index in [4.69, 9.17) is 9.15 Å². The molecule has 0 saturated heterocycles. The van der Waals surface area contributed by atoms with Gasteiger partial charge >= 0.3 is 0 Å². The Morgan fingerprint density at radius 1 is 1.35 bits per heavy atom. The van der Waals surface area contributed by atoms with Gasteiger partial charge in [0, 0.05) is 24.9 Å². The van der Waals surface area contributed by atoms with E-state index < -0.39 is 0 Å². The summed E-state index contributed by atoms with van der Waals surface area (Å²) in [7, 11) is 1.61. The van der Waals surface area contributed by atoms with Gasteiger partial charge in [-0.05, 0) is 30.5 Å². The number of rotatable bonds is 8. The lowest BCUT2D eigenvalue weighted by molar-refractivity contribution is -0.121. The zero-order valence-corrected chi connectivity index (χ0v) is 13.8. The summed E-state index contributed by atoms with van der Waals surface area (Å²) in [5.41, 5.74) is 0.796. The maximum atomic E-state index is 11.7. The van der Waals surface area contributed by atoms with Gasteiger partial charge in [-0.25, -0.2) is 0 Å². The minimum absolute atomic E-state index is 0.00628. The molecule has 0 atom stereocenters. The minimum atomic E-state index is 0.00628. The molecule has 1 aromatic carbocycles. The number of carbonyl (C=O) groups excluding carboxylic acids is 1. The van der Waals surface area contributed by atoms with E-state index in [1.165, 1.54) is 0 Å². The molecule has 0 fully saturated rings. The number of nitrogens with one attached hydrogen (secondary N) is 1. The van der Waals surface area contributed by atoms with Crippen molar-refractivity contribution in [3.05, 3.63) is 30.2 Å². The molecule has 0 bridgehead atoms. The lowest BCUT2D eigenvalue weighted by Crippen LogP contribution is -2.25. The number of benzene rings is 1. The molecule has 1 N–H and O–H groups in total. The van der Waals surface area contributed by atoms with E-state index in [9.17, 15) is 4.79 Å². The summed E-state index contributed by atoms with van der Waals surface area (Å²) in [5.74, 6) is 2.20. The SMILES string of the molecule is COc1cccc(-c2nnc(CCC(=O)NCCC(C)C)o2)c1. The van der Waals surface area contributed by atoms with Gasteiger partial charge in [-0.3, -0.25) is 4.79 Å². The van der Waals surface area contributed by atoms with E-state index in [-0.39, 0.29) is 5.91 Å². The van der Waals surface area contributed by atoms with Gasteiger partial charge in [0.25, 0.3) is 0 Å². The van der Waals surface area contributed by atoms with Crippen LogP contribution in [0.25, 0.3) is 11.5 Å². The quantitative estimate of drug-likeness (QED) is 0.810. The molecule has 1 amide bonds. The fraction of sp³-hybridized carbons (Fsp3) is 0.471. The Morgan fingerprint density at radius 3 is 2.91 bits per heavy atom. The lowest BCUT2D eigenvalue weighted by Gasteiger charge is -2.06. The molecule has 1 aromatic heterocycles. The van der Waals surface area contributed by atoms with E-state index in [2.05, 4.69) is 29.4 Å². The molecule has 0 aliphatic carbocycles. The molecule has 2 aromatic rings. The van der Waals surface area contributed by atoms with Crippen LogP contribution < -0.4 is 10.1 Å². The summed E-state index contributed by atoms with van der Waals surface area (Å²) in [5, 5.41) is 10.9. The number of hydrogen-bond donors (Lipinski definition) is 1. The molecule has 0 spiro atoms. The highest BCUT2D eigenvalue weighted by Gasteiger charge is 2.11.